The molecule has 0 aromatic heterocycles. The Kier molecular flexibility index (Phi) is 9.42. The summed E-state index contributed by atoms with van der Waals surface area (Å²) in [5.74, 6) is -0.172. The van der Waals surface area contributed by atoms with E-state index < -0.39 is 5.41 Å². The van der Waals surface area contributed by atoms with Crippen molar-refractivity contribution in [2.45, 2.75) is 48.0 Å². The number of hydrogen-bond acceptors (Lipinski definition) is 4. The average molecular weight is 535 g/mol. The number of carbonyl (C=O) groups is 1. The van der Waals surface area contributed by atoms with Gasteiger partial charge in [-0.05, 0) is 87.1 Å². The summed E-state index contributed by atoms with van der Waals surface area (Å²) in [4.78, 5) is 19.5. The molecule has 3 aromatic rings. The standard InChI is InChI=1S/C36H42N2O2/c1-7-36(5,6)35(39)40-25-24-37-33-23-22-32(30-12-10-11-13-31(30)33)34(27-16-14-26(4)15-17-27)28-18-20-29(21-19-28)38(8-2)9-3/h10-23H,7-9,24-25H2,1-6H3. The maximum atomic E-state index is 12.4. The van der Waals surface area contributed by atoms with E-state index in [1.54, 1.807) is 0 Å². The van der Waals surface area contributed by atoms with E-state index in [4.69, 9.17) is 9.73 Å². The van der Waals surface area contributed by atoms with E-state index in [1.165, 1.54) is 33.5 Å². The minimum atomic E-state index is -0.472. The number of rotatable bonds is 10. The van der Waals surface area contributed by atoms with Gasteiger partial charge in [-0.2, -0.15) is 0 Å². The molecular weight excluding hydrogens is 492 g/mol. The van der Waals surface area contributed by atoms with Gasteiger partial charge in [0.2, 0.25) is 0 Å². The lowest BCUT2D eigenvalue weighted by molar-refractivity contribution is -0.153. The molecule has 0 spiro atoms. The number of aryl methyl sites for hydroxylation is 1. The first-order chi connectivity index (χ1) is 19.3. The third-order valence-corrected chi connectivity index (χ3v) is 7.84. The first-order valence-corrected chi connectivity index (χ1v) is 14.4. The topological polar surface area (TPSA) is 41.9 Å². The number of ether oxygens (including phenoxy) is 1. The molecule has 0 saturated carbocycles. The molecule has 4 heteroatoms. The Morgan fingerprint density at radius 1 is 0.825 bits per heavy atom. The molecule has 1 aliphatic rings. The van der Waals surface area contributed by atoms with Gasteiger partial charge in [0.25, 0.3) is 0 Å². The Morgan fingerprint density at radius 3 is 2.02 bits per heavy atom. The molecule has 0 bridgehead atoms. The van der Waals surface area contributed by atoms with E-state index in [1.807, 2.05) is 20.8 Å². The Hall–Kier alpha value is -3.92. The van der Waals surface area contributed by atoms with Crippen LogP contribution in [0.3, 0.4) is 0 Å². The van der Waals surface area contributed by atoms with Crippen LogP contribution >= 0.6 is 0 Å². The number of nitrogens with zero attached hydrogens (tertiary/aromatic N) is 2. The zero-order valence-electron chi connectivity index (χ0n) is 24.8. The molecule has 208 valence electrons. The SMILES string of the molecule is CCN(CC)c1ccc(C(=C2C=CC(=NCCOC(=O)C(C)(C)CC)c3ccccc32)c2ccc(C)cc2)cc1. The van der Waals surface area contributed by atoms with Crippen molar-refractivity contribution in [3.8, 4) is 0 Å². The summed E-state index contributed by atoms with van der Waals surface area (Å²) in [6.07, 6.45) is 5.02. The van der Waals surface area contributed by atoms with Gasteiger partial charge in [0.15, 0.2) is 0 Å². The van der Waals surface area contributed by atoms with Gasteiger partial charge in [0.1, 0.15) is 6.61 Å². The Bertz CT molecular complexity index is 1410. The van der Waals surface area contributed by atoms with E-state index >= 15 is 0 Å². The molecule has 0 atom stereocenters. The molecule has 4 nitrogen and oxygen atoms in total. The van der Waals surface area contributed by atoms with E-state index in [-0.39, 0.29) is 12.6 Å². The van der Waals surface area contributed by atoms with Crippen LogP contribution in [0.15, 0.2) is 89.9 Å². The first-order valence-electron chi connectivity index (χ1n) is 14.4. The van der Waals surface area contributed by atoms with Gasteiger partial charge in [-0.3, -0.25) is 9.79 Å². The van der Waals surface area contributed by atoms with Crippen LogP contribution in [0.4, 0.5) is 5.69 Å². The van der Waals surface area contributed by atoms with Gasteiger partial charge >= 0.3 is 5.97 Å². The molecule has 0 N–H and O–H groups in total. The minimum absolute atomic E-state index is 0.172. The van der Waals surface area contributed by atoms with Gasteiger partial charge in [-0.15, -0.1) is 0 Å². The summed E-state index contributed by atoms with van der Waals surface area (Å²) in [7, 11) is 0. The fourth-order valence-electron chi connectivity index (χ4n) is 4.91. The molecular formula is C36H42N2O2. The van der Waals surface area contributed by atoms with Gasteiger partial charge in [0.05, 0.1) is 17.7 Å². The molecule has 0 radical (unpaired) electrons. The molecule has 0 heterocycles. The Labute approximate surface area is 240 Å². The van der Waals surface area contributed by atoms with Crippen molar-refractivity contribution in [2.24, 2.45) is 10.4 Å². The van der Waals surface area contributed by atoms with Crippen LogP contribution in [0.2, 0.25) is 0 Å². The van der Waals surface area contributed by atoms with E-state index in [2.05, 4.69) is 111 Å². The van der Waals surface area contributed by atoms with Crippen molar-refractivity contribution in [1.29, 1.82) is 0 Å². The largest absolute Gasteiger partial charge is 0.463 e. The van der Waals surface area contributed by atoms with Gasteiger partial charge < -0.3 is 9.64 Å². The fourth-order valence-corrected chi connectivity index (χ4v) is 4.91. The monoisotopic (exact) mass is 534 g/mol. The van der Waals surface area contributed by atoms with Crippen molar-refractivity contribution < 1.29 is 9.53 Å². The minimum Gasteiger partial charge on any atom is -0.463 e. The third-order valence-electron chi connectivity index (χ3n) is 7.84. The van der Waals surface area contributed by atoms with Gasteiger partial charge in [0, 0.05) is 24.3 Å². The van der Waals surface area contributed by atoms with Crippen LogP contribution in [-0.4, -0.2) is 37.9 Å². The number of fused-ring (bicyclic) bond motifs is 1. The van der Waals surface area contributed by atoms with Crippen molar-refractivity contribution in [1.82, 2.24) is 0 Å². The zero-order chi connectivity index (χ0) is 28.7. The molecule has 0 saturated heterocycles. The lowest BCUT2D eigenvalue weighted by Crippen LogP contribution is -2.26. The number of esters is 1. The molecule has 1 aliphatic carbocycles. The highest BCUT2D eigenvalue weighted by molar-refractivity contribution is 6.19. The Morgan fingerprint density at radius 2 is 1.43 bits per heavy atom. The molecule has 0 fully saturated rings. The number of hydrogen-bond donors (Lipinski definition) is 0. The molecule has 40 heavy (non-hydrogen) atoms. The van der Waals surface area contributed by atoms with Gasteiger partial charge in [-0.25, -0.2) is 0 Å². The van der Waals surface area contributed by atoms with Crippen LogP contribution in [-0.2, 0) is 9.53 Å². The van der Waals surface area contributed by atoms with Crippen molar-refractivity contribution in [3.63, 3.8) is 0 Å². The first kappa shape index (κ1) is 29.1. The summed E-state index contributed by atoms with van der Waals surface area (Å²) >= 11 is 0. The van der Waals surface area contributed by atoms with Gasteiger partial charge in [-0.1, -0.05) is 79.2 Å². The number of anilines is 1. The van der Waals surface area contributed by atoms with E-state index in [0.29, 0.717) is 6.54 Å². The Balaban J connectivity index is 1.73. The zero-order valence-corrected chi connectivity index (χ0v) is 24.8. The number of carbonyl (C=O) groups excluding carboxylic acids is 1. The van der Waals surface area contributed by atoms with Crippen LogP contribution < -0.4 is 4.90 Å². The van der Waals surface area contributed by atoms with Crippen molar-refractivity contribution >= 4 is 28.5 Å². The molecule has 3 aromatic carbocycles. The fraction of sp³-hybridized carbons (Fsp3) is 0.333. The normalized spacial score (nSPS) is 15.1. The lowest BCUT2D eigenvalue weighted by Gasteiger charge is -2.23. The third kappa shape index (κ3) is 6.44. The highest BCUT2D eigenvalue weighted by Crippen LogP contribution is 2.37. The van der Waals surface area contributed by atoms with Crippen molar-refractivity contribution in [2.75, 3.05) is 31.1 Å². The smallest absolute Gasteiger partial charge is 0.311 e. The molecule has 0 amide bonds. The molecule has 0 unspecified atom stereocenters. The molecule has 4 rings (SSSR count). The van der Waals surface area contributed by atoms with E-state index in [0.717, 1.165) is 36.3 Å². The number of benzene rings is 3. The average Bonchev–Trinajstić information content (AvgIpc) is 2.98. The van der Waals surface area contributed by atoms with Crippen molar-refractivity contribution in [3.05, 3.63) is 113 Å². The van der Waals surface area contributed by atoms with Crippen LogP contribution in [0.1, 0.15) is 68.9 Å². The maximum absolute atomic E-state index is 12.4. The van der Waals surface area contributed by atoms with Crippen LogP contribution in [0.5, 0.6) is 0 Å². The predicted octanol–water partition coefficient (Wildman–Crippen LogP) is 8.14. The maximum Gasteiger partial charge on any atom is 0.311 e. The second-order valence-corrected chi connectivity index (χ2v) is 10.9. The molecule has 0 aliphatic heterocycles. The van der Waals surface area contributed by atoms with Crippen LogP contribution in [0.25, 0.3) is 11.1 Å². The number of aliphatic imine (C=N–C) groups is 1. The summed E-state index contributed by atoms with van der Waals surface area (Å²) in [6, 6.07) is 26.1. The second-order valence-electron chi connectivity index (χ2n) is 10.9. The summed E-state index contributed by atoms with van der Waals surface area (Å²) in [6.45, 7) is 15.0. The van der Waals surface area contributed by atoms with Crippen LogP contribution in [0, 0.1) is 12.3 Å². The van der Waals surface area contributed by atoms with E-state index in [9.17, 15) is 4.79 Å². The summed E-state index contributed by atoms with van der Waals surface area (Å²) in [5, 5.41) is 0. The lowest BCUT2D eigenvalue weighted by atomic mass is 9.83. The highest BCUT2D eigenvalue weighted by Gasteiger charge is 2.27. The number of allylic oxidation sites excluding steroid dienone is 3. The predicted molar refractivity (Wildman–Crippen MR) is 169 cm³/mol. The second kappa shape index (κ2) is 13.0. The summed E-state index contributed by atoms with van der Waals surface area (Å²) in [5.41, 5.74) is 9.88. The summed E-state index contributed by atoms with van der Waals surface area (Å²) < 4.78 is 5.52. The highest BCUT2D eigenvalue weighted by atomic mass is 16.5. The quantitative estimate of drug-likeness (QED) is 0.195.